The summed E-state index contributed by atoms with van der Waals surface area (Å²) in [6.45, 7) is 0.374. The van der Waals surface area contributed by atoms with Gasteiger partial charge in [-0.15, -0.1) is 0 Å². The average Bonchev–Trinajstić information content (AvgIpc) is 3.23. The maximum Gasteiger partial charge on any atom is 0.272 e. The molecule has 37 heavy (non-hydrogen) atoms. The number of carbonyl (C=O) groups excluding carboxylic acids is 2. The van der Waals surface area contributed by atoms with E-state index < -0.39 is 11.4 Å². The van der Waals surface area contributed by atoms with Crippen molar-refractivity contribution in [2.45, 2.75) is 30.7 Å². The highest BCUT2D eigenvalue weighted by Gasteiger charge is 2.63. The van der Waals surface area contributed by atoms with Crippen LogP contribution in [0.5, 0.6) is 5.88 Å². The zero-order valence-corrected chi connectivity index (χ0v) is 21.4. The standard InChI is InChI=1S/C25H23BrFN7O3/c1-37-22-6-15(18(27)11-29-22)19-7-20(32-31-19)24(36)33-5-4-13(23(28)35)8-25(33)9-17(25)16-10-30-34-12-14(26)2-3-21(16)34/h2-3,6-7,10-13,17H,4-5,8-9H2,1H3,(H2,28,35)(H,31,32). The van der Waals surface area contributed by atoms with Crippen molar-refractivity contribution in [1.29, 1.82) is 0 Å². The van der Waals surface area contributed by atoms with Gasteiger partial charge in [0.2, 0.25) is 11.8 Å². The van der Waals surface area contributed by atoms with Crippen LogP contribution in [0.15, 0.2) is 47.3 Å². The summed E-state index contributed by atoms with van der Waals surface area (Å²) >= 11 is 3.47. The van der Waals surface area contributed by atoms with Crippen LogP contribution in [0.3, 0.4) is 0 Å². The predicted molar refractivity (Wildman–Crippen MR) is 134 cm³/mol. The number of amides is 2. The quantitative estimate of drug-likeness (QED) is 0.380. The summed E-state index contributed by atoms with van der Waals surface area (Å²) in [5, 5.41) is 11.4. The maximum atomic E-state index is 14.4. The van der Waals surface area contributed by atoms with Gasteiger partial charge in [-0.2, -0.15) is 10.2 Å². The second kappa shape index (κ2) is 8.65. The van der Waals surface area contributed by atoms with Gasteiger partial charge in [0.15, 0.2) is 5.82 Å². The summed E-state index contributed by atoms with van der Waals surface area (Å²) < 4.78 is 22.2. The lowest BCUT2D eigenvalue weighted by molar-refractivity contribution is -0.124. The molecule has 1 saturated carbocycles. The molecule has 1 spiro atoms. The van der Waals surface area contributed by atoms with Crippen molar-refractivity contribution in [2.75, 3.05) is 13.7 Å². The third-order valence-electron chi connectivity index (χ3n) is 7.54. The number of likely N-dealkylation sites (tertiary alicyclic amines) is 1. The Hall–Kier alpha value is -3.80. The normalized spacial score (nSPS) is 22.9. The van der Waals surface area contributed by atoms with E-state index in [1.165, 1.54) is 19.2 Å². The van der Waals surface area contributed by atoms with Gasteiger partial charge in [-0.05, 0) is 53.4 Å². The van der Waals surface area contributed by atoms with Crippen LogP contribution < -0.4 is 10.5 Å². The number of fused-ring (bicyclic) bond motifs is 1. The van der Waals surface area contributed by atoms with E-state index in [9.17, 15) is 14.0 Å². The molecular formula is C25H23BrFN7O3. The van der Waals surface area contributed by atoms with Gasteiger partial charge < -0.3 is 15.4 Å². The molecule has 190 valence electrons. The fraction of sp³-hybridized carbons (Fsp3) is 0.320. The van der Waals surface area contributed by atoms with Gasteiger partial charge in [0.05, 0.1) is 36.3 Å². The van der Waals surface area contributed by atoms with Crippen molar-refractivity contribution in [1.82, 2.24) is 29.7 Å². The molecule has 10 nitrogen and oxygen atoms in total. The van der Waals surface area contributed by atoms with Crippen LogP contribution in [0, 0.1) is 11.7 Å². The number of hydrogen-bond donors (Lipinski definition) is 2. The predicted octanol–water partition coefficient (Wildman–Crippen LogP) is 3.29. The highest BCUT2D eigenvalue weighted by atomic mass is 79.9. The summed E-state index contributed by atoms with van der Waals surface area (Å²) in [5.74, 6) is -1.27. The Morgan fingerprint density at radius 2 is 2.11 bits per heavy atom. The van der Waals surface area contributed by atoms with Crippen molar-refractivity contribution in [2.24, 2.45) is 11.7 Å². The zero-order chi connectivity index (χ0) is 25.9. The number of methoxy groups -OCH3 is 1. The second-order valence-electron chi connectivity index (χ2n) is 9.56. The Kier molecular flexibility index (Phi) is 5.51. The Labute approximate surface area is 219 Å². The molecular weight excluding hydrogens is 545 g/mol. The minimum absolute atomic E-state index is 0.00145. The van der Waals surface area contributed by atoms with Crippen LogP contribution in [0.2, 0.25) is 0 Å². The van der Waals surface area contributed by atoms with E-state index in [4.69, 9.17) is 10.5 Å². The molecule has 1 aliphatic heterocycles. The summed E-state index contributed by atoms with van der Waals surface area (Å²) in [5.41, 5.74) is 7.77. The lowest BCUT2D eigenvalue weighted by atomic mass is 9.86. The molecule has 12 heteroatoms. The number of aromatic amines is 1. The number of nitrogens with one attached hydrogen (secondary N) is 1. The van der Waals surface area contributed by atoms with Crippen molar-refractivity contribution < 1.29 is 18.7 Å². The third kappa shape index (κ3) is 3.86. The van der Waals surface area contributed by atoms with E-state index in [0.717, 1.165) is 21.7 Å². The van der Waals surface area contributed by atoms with Crippen molar-refractivity contribution in [3.05, 3.63) is 64.4 Å². The minimum Gasteiger partial charge on any atom is -0.481 e. The lowest BCUT2D eigenvalue weighted by Gasteiger charge is -2.40. The number of piperidine rings is 1. The molecule has 3 unspecified atom stereocenters. The number of primary amides is 1. The van der Waals surface area contributed by atoms with E-state index in [0.29, 0.717) is 25.8 Å². The second-order valence-corrected chi connectivity index (χ2v) is 10.5. The lowest BCUT2D eigenvalue weighted by Crippen LogP contribution is -2.51. The number of carbonyl (C=O) groups is 2. The number of pyridine rings is 2. The van der Waals surface area contributed by atoms with Crippen molar-refractivity contribution in [3.8, 4) is 17.1 Å². The number of H-pyrrole nitrogens is 1. The van der Waals surface area contributed by atoms with Gasteiger partial charge >= 0.3 is 0 Å². The number of rotatable bonds is 5. The van der Waals surface area contributed by atoms with Gasteiger partial charge in [0, 0.05) is 46.2 Å². The van der Waals surface area contributed by atoms with Crippen LogP contribution in [-0.2, 0) is 4.79 Å². The van der Waals surface area contributed by atoms with E-state index >= 15 is 0 Å². The first-order chi connectivity index (χ1) is 17.8. The Morgan fingerprint density at radius 3 is 2.89 bits per heavy atom. The molecule has 2 fully saturated rings. The third-order valence-corrected chi connectivity index (χ3v) is 8.01. The number of aromatic nitrogens is 5. The van der Waals surface area contributed by atoms with Gasteiger partial charge in [-0.1, -0.05) is 0 Å². The Morgan fingerprint density at radius 1 is 1.27 bits per heavy atom. The monoisotopic (exact) mass is 567 g/mol. The molecule has 3 N–H and O–H groups in total. The van der Waals surface area contributed by atoms with Crippen LogP contribution in [0.1, 0.15) is 41.2 Å². The molecule has 3 atom stereocenters. The minimum atomic E-state index is -0.577. The maximum absolute atomic E-state index is 14.4. The SMILES string of the molecule is COc1cc(-c2cc(C(=O)N3CCC(C(N)=O)CC34CC4c3cnn4cc(Br)ccc34)[nH]n2)c(F)cn1. The Balaban J connectivity index is 1.34. The number of nitrogens with two attached hydrogens (primary N) is 1. The number of hydrogen-bond acceptors (Lipinski definition) is 6. The number of ether oxygens (including phenoxy) is 1. The molecule has 6 rings (SSSR count). The van der Waals surface area contributed by atoms with E-state index in [1.807, 2.05) is 29.4 Å². The number of halogens is 2. The molecule has 0 radical (unpaired) electrons. The van der Waals surface area contributed by atoms with Crippen LogP contribution in [-0.4, -0.2) is 60.7 Å². The van der Waals surface area contributed by atoms with Crippen LogP contribution in [0.4, 0.5) is 4.39 Å². The first-order valence-electron chi connectivity index (χ1n) is 11.8. The highest BCUT2D eigenvalue weighted by Crippen LogP contribution is 2.61. The fourth-order valence-corrected chi connectivity index (χ4v) is 5.93. The molecule has 4 aromatic rings. The van der Waals surface area contributed by atoms with E-state index in [1.54, 1.807) is 4.52 Å². The van der Waals surface area contributed by atoms with Gasteiger partial charge in [0.25, 0.3) is 5.91 Å². The molecule has 1 aliphatic carbocycles. The molecule has 2 amide bonds. The van der Waals surface area contributed by atoms with E-state index in [2.05, 4.69) is 36.2 Å². The summed E-state index contributed by atoms with van der Waals surface area (Å²) in [6.07, 6.45) is 6.40. The molecule has 2 aliphatic rings. The van der Waals surface area contributed by atoms with E-state index in [-0.39, 0.29) is 46.5 Å². The fourth-order valence-electron chi connectivity index (χ4n) is 5.60. The first kappa shape index (κ1) is 23.6. The molecule has 0 aromatic carbocycles. The van der Waals surface area contributed by atoms with Crippen LogP contribution in [0.25, 0.3) is 16.8 Å². The molecule has 5 heterocycles. The average molecular weight is 568 g/mol. The highest BCUT2D eigenvalue weighted by molar-refractivity contribution is 9.10. The van der Waals surface area contributed by atoms with Crippen LogP contribution >= 0.6 is 15.9 Å². The molecule has 4 aromatic heterocycles. The molecule has 1 saturated heterocycles. The van der Waals surface area contributed by atoms with Gasteiger partial charge in [-0.25, -0.2) is 13.9 Å². The van der Waals surface area contributed by atoms with Gasteiger partial charge in [0.1, 0.15) is 5.69 Å². The van der Waals surface area contributed by atoms with Crippen molar-refractivity contribution in [3.63, 3.8) is 0 Å². The summed E-state index contributed by atoms with van der Waals surface area (Å²) in [4.78, 5) is 31.6. The van der Waals surface area contributed by atoms with Crippen molar-refractivity contribution >= 4 is 33.3 Å². The van der Waals surface area contributed by atoms with Gasteiger partial charge in [-0.3, -0.25) is 14.7 Å². The first-order valence-corrected chi connectivity index (χ1v) is 12.6. The summed E-state index contributed by atoms with van der Waals surface area (Å²) in [6, 6.07) is 6.89. The molecule has 0 bridgehead atoms. The number of nitrogens with zero attached hydrogens (tertiary/aromatic N) is 5. The Bertz CT molecular complexity index is 1550. The smallest absolute Gasteiger partial charge is 0.272 e. The zero-order valence-electron chi connectivity index (χ0n) is 19.8. The summed E-state index contributed by atoms with van der Waals surface area (Å²) in [7, 11) is 1.44. The topological polar surface area (TPSA) is 132 Å². The largest absolute Gasteiger partial charge is 0.481 e.